The normalized spacial score (nSPS) is 10.2. The molecule has 0 saturated heterocycles. The monoisotopic (exact) mass is 348 g/mol. The molecule has 0 aliphatic carbocycles. The van der Waals surface area contributed by atoms with Crippen LogP contribution in [0, 0.1) is 22.7 Å². The van der Waals surface area contributed by atoms with Crippen LogP contribution < -0.4 is 0 Å². The van der Waals surface area contributed by atoms with Crippen molar-refractivity contribution in [3.05, 3.63) is 70.8 Å². The molecule has 0 spiro atoms. The highest BCUT2D eigenvalue weighted by Gasteiger charge is 2.17. The Hall–Kier alpha value is -2.58. The molecule has 2 aromatic carbocycles. The smallest absolute Gasteiger partial charge is 0.0994 e. The van der Waals surface area contributed by atoms with Crippen molar-refractivity contribution < 1.29 is 0 Å². The van der Waals surface area contributed by atoms with Gasteiger partial charge in [0.1, 0.15) is 0 Å². The Labute approximate surface area is 160 Å². The van der Waals surface area contributed by atoms with Crippen molar-refractivity contribution in [2.75, 3.05) is 0 Å². The summed E-state index contributed by atoms with van der Waals surface area (Å²) in [5.74, 6) is 0. The van der Waals surface area contributed by atoms with E-state index in [9.17, 15) is 0 Å². The first kappa shape index (κ1) is 23.4. The lowest BCUT2D eigenvalue weighted by Crippen LogP contribution is -2.12. The molecule has 0 fully saturated rings. The van der Waals surface area contributed by atoms with Crippen molar-refractivity contribution in [1.82, 2.24) is 0 Å². The van der Waals surface area contributed by atoms with Crippen LogP contribution in [0.2, 0.25) is 0 Å². The van der Waals surface area contributed by atoms with Gasteiger partial charge in [-0.2, -0.15) is 10.5 Å². The van der Waals surface area contributed by atoms with Gasteiger partial charge in [-0.1, -0.05) is 91.8 Å². The zero-order valence-corrected chi connectivity index (χ0v) is 17.5. The molecule has 2 aromatic rings. The van der Waals surface area contributed by atoms with Gasteiger partial charge in [0.2, 0.25) is 0 Å². The maximum Gasteiger partial charge on any atom is 0.0994 e. The lowest BCUT2D eigenvalue weighted by atomic mass is 9.84. The Balaban J connectivity index is 0.000000439. The van der Waals surface area contributed by atoms with Crippen LogP contribution >= 0.6 is 0 Å². The van der Waals surface area contributed by atoms with Crippen LogP contribution in [0.4, 0.5) is 0 Å². The zero-order chi connectivity index (χ0) is 20.4. The minimum atomic E-state index is 0.0618. The summed E-state index contributed by atoms with van der Waals surface area (Å²) in [6.07, 6.45) is 0. The molecule has 0 atom stereocenters. The van der Waals surface area contributed by atoms with Gasteiger partial charge in [-0.15, -0.1) is 0 Å². The Morgan fingerprint density at radius 1 is 0.577 bits per heavy atom. The van der Waals surface area contributed by atoms with Crippen molar-refractivity contribution in [1.29, 1.82) is 10.5 Å². The van der Waals surface area contributed by atoms with Crippen molar-refractivity contribution in [3.63, 3.8) is 0 Å². The van der Waals surface area contributed by atoms with E-state index in [1.54, 1.807) is 0 Å². The number of hydrogen-bond donors (Lipinski definition) is 0. The van der Waals surface area contributed by atoms with E-state index < -0.39 is 0 Å². The SMILES string of the molecule is CC.CC(C)(C)c1ccccc1C#N.CC(C)(C)c1ccccc1C#N. The van der Waals surface area contributed by atoms with Crippen molar-refractivity contribution in [2.45, 2.75) is 66.2 Å². The van der Waals surface area contributed by atoms with Gasteiger partial charge in [-0.3, -0.25) is 0 Å². The number of benzene rings is 2. The Kier molecular flexibility index (Phi) is 9.39. The fraction of sp³-hybridized carbons (Fsp3) is 0.417. The quantitative estimate of drug-likeness (QED) is 0.529. The molecular weight excluding hydrogens is 316 g/mol. The predicted octanol–water partition coefficient (Wildman–Crippen LogP) is 6.74. The number of nitriles is 2. The fourth-order valence-electron chi connectivity index (χ4n) is 2.47. The molecule has 0 unspecified atom stereocenters. The third-order valence-corrected chi connectivity index (χ3v) is 3.71. The first-order valence-corrected chi connectivity index (χ1v) is 9.10. The van der Waals surface area contributed by atoms with Crippen LogP contribution in [0.15, 0.2) is 48.5 Å². The Morgan fingerprint density at radius 2 is 0.846 bits per heavy atom. The summed E-state index contributed by atoms with van der Waals surface area (Å²) >= 11 is 0. The van der Waals surface area contributed by atoms with E-state index in [4.69, 9.17) is 10.5 Å². The summed E-state index contributed by atoms with van der Waals surface area (Å²) < 4.78 is 0. The lowest BCUT2D eigenvalue weighted by molar-refractivity contribution is 0.588. The second-order valence-electron chi connectivity index (χ2n) is 7.81. The van der Waals surface area contributed by atoms with Gasteiger partial charge < -0.3 is 0 Å². The molecule has 0 radical (unpaired) electrons. The lowest BCUT2D eigenvalue weighted by Gasteiger charge is -2.19. The molecule has 0 aromatic heterocycles. The predicted molar refractivity (Wildman–Crippen MR) is 111 cm³/mol. The summed E-state index contributed by atoms with van der Waals surface area (Å²) in [6, 6.07) is 19.9. The number of hydrogen-bond acceptors (Lipinski definition) is 2. The Bertz CT molecular complexity index is 693. The number of rotatable bonds is 0. The molecule has 26 heavy (non-hydrogen) atoms. The van der Waals surface area contributed by atoms with E-state index in [-0.39, 0.29) is 10.8 Å². The molecule has 0 aliphatic rings. The second-order valence-corrected chi connectivity index (χ2v) is 7.81. The third-order valence-electron chi connectivity index (χ3n) is 3.71. The molecular formula is C24H32N2. The molecule has 2 nitrogen and oxygen atoms in total. The van der Waals surface area contributed by atoms with Gasteiger partial charge in [0.25, 0.3) is 0 Å². The van der Waals surface area contributed by atoms with E-state index in [2.05, 4.69) is 53.7 Å². The average Bonchev–Trinajstić information content (AvgIpc) is 2.62. The Morgan fingerprint density at radius 3 is 1.04 bits per heavy atom. The highest BCUT2D eigenvalue weighted by atomic mass is 14.3. The molecule has 0 heterocycles. The van der Waals surface area contributed by atoms with E-state index in [0.717, 1.165) is 22.3 Å². The average molecular weight is 349 g/mol. The topological polar surface area (TPSA) is 47.6 Å². The fourth-order valence-corrected chi connectivity index (χ4v) is 2.47. The van der Waals surface area contributed by atoms with Crippen molar-refractivity contribution in [3.8, 4) is 12.1 Å². The summed E-state index contributed by atoms with van der Waals surface area (Å²) in [4.78, 5) is 0. The van der Waals surface area contributed by atoms with Gasteiger partial charge >= 0.3 is 0 Å². The van der Waals surface area contributed by atoms with E-state index in [0.29, 0.717) is 0 Å². The van der Waals surface area contributed by atoms with E-state index in [1.165, 1.54) is 0 Å². The van der Waals surface area contributed by atoms with E-state index >= 15 is 0 Å². The standard InChI is InChI=1S/2C11H13N.C2H6/c2*1-11(2,3)10-7-5-4-6-9(10)8-12;1-2/h2*4-7H,1-3H3;1-2H3. The molecule has 138 valence electrons. The largest absolute Gasteiger partial charge is 0.192 e. The first-order valence-electron chi connectivity index (χ1n) is 9.10. The first-order chi connectivity index (χ1) is 12.1. The van der Waals surface area contributed by atoms with Crippen LogP contribution in [-0.4, -0.2) is 0 Å². The van der Waals surface area contributed by atoms with Crippen molar-refractivity contribution in [2.24, 2.45) is 0 Å². The van der Waals surface area contributed by atoms with E-state index in [1.807, 2.05) is 62.4 Å². The van der Waals surface area contributed by atoms with Crippen molar-refractivity contribution >= 4 is 0 Å². The molecule has 0 N–H and O–H groups in total. The highest BCUT2D eigenvalue weighted by molar-refractivity contribution is 5.42. The minimum Gasteiger partial charge on any atom is -0.192 e. The summed E-state index contributed by atoms with van der Waals surface area (Å²) in [6.45, 7) is 16.7. The van der Waals surface area contributed by atoms with Gasteiger partial charge in [0.15, 0.2) is 0 Å². The van der Waals surface area contributed by atoms with Gasteiger partial charge in [-0.05, 0) is 34.1 Å². The second kappa shape index (κ2) is 10.4. The maximum absolute atomic E-state index is 8.83. The highest BCUT2D eigenvalue weighted by Crippen LogP contribution is 2.25. The van der Waals surface area contributed by atoms with Gasteiger partial charge in [0, 0.05) is 0 Å². The summed E-state index contributed by atoms with van der Waals surface area (Å²) in [5, 5.41) is 17.7. The van der Waals surface area contributed by atoms with Gasteiger partial charge in [0.05, 0.1) is 23.3 Å². The summed E-state index contributed by atoms with van der Waals surface area (Å²) in [5.41, 5.74) is 3.92. The van der Waals surface area contributed by atoms with Crippen LogP contribution in [0.3, 0.4) is 0 Å². The number of nitrogens with zero attached hydrogens (tertiary/aromatic N) is 2. The van der Waals surface area contributed by atoms with Crippen LogP contribution in [-0.2, 0) is 10.8 Å². The van der Waals surface area contributed by atoms with Crippen LogP contribution in [0.25, 0.3) is 0 Å². The molecule has 2 rings (SSSR count). The van der Waals surface area contributed by atoms with Gasteiger partial charge in [-0.25, -0.2) is 0 Å². The summed E-state index contributed by atoms with van der Waals surface area (Å²) in [7, 11) is 0. The maximum atomic E-state index is 8.83. The zero-order valence-electron chi connectivity index (χ0n) is 17.5. The molecule has 0 amide bonds. The van der Waals surface area contributed by atoms with Crippen LogP contribution in [0.5, 0.6) is 0 Å². The molecule has 0 bridgehead atoms. The minimum absolute atomic E-state index is 0.0618. The van der Waals surface area contributed by atoms with Crippen LogP contribution in [0.1, 0.15) is 77.6 Å². The molecule has 2 heteroatoms. The molecule has 0 saturated carbocycles. The molecule has 0 aliphatic heterocycles. The third kappa shape index (κ3) is 7.12.